The molecule has 3 amide bonds. The largest absolute Gasteiger partial charge is 0.480 e. The van der Waals surface area contributed by atoms with E-state index in [0.717, 1.165) is 0 Å². The van der Waals surface area contributed by atoms with Gasteiger partial charge in [-0.2, -0.15) is 0 Å². The smallest absolute Gasteiger partial charge is 0.326 e. The maximum Gasteiger partial charge on any atom is 0.326 e. The Morgan fingerprint density at radius 3 is 2.28 bits per heavy atom. The van der Waals surface area contributed by atoms with E-state index in [2.05, 4.69) is 10.6 Å². The normalized spacial score (nSPS) is 11.5. The standard InChI is InChI=1S/C11H21N3O4/c1-4-6-8(10(16)17)13-11(18)14(5-2)7-9(15)12-3/h8H,4-7H2,1-3H3,(H,12,15)(H,13,18)(H,16,17). The summed E-state index contributed by atoms with van der Waals surface area (Å²) in [5, 5.41) is 13.7. The first-order valence-electron chi connectivity index (χ1n) is 5.95. The molecular weight excluding hydrogens is 238 g/mol. The highest BCUT2D eigenvalue weighted by atomic mass is 16.4. The molecule has 104 valence electrons. The van der Waals surface area contributed by atoms with E-state index in [9.17, 15) is 14.4 Å². The van der Waals surface area contributed by atoms with Gasteiger partial charge in [-0.15, -0.1) is 0 Å². The number of urea groups is 1. The second-order valence-electron chi connectivity index (χ2n) is 3.82. The van der Waals surface area contributed by atoms with Crippen molar-refractivity contribution in [2.45, 2.75) is 32.7 Å². The zero-order valence-electron chi connectivity index (χ0n) is 11.0. The molecule has 0 saturated heterocycles. The van der Waals surface area contributed by atoms with Crippen LogP contribution in [-0.4, -0.2) is 54.1 Å². The Bertz CT molecular complexity index is 307. The summed E-state index contributed by atoms with van der Waals surface area (Å²) in [4.78, 5) is 35.1. The number of carbonyl (C=O) groups is 3. The lowest BCUT2D eigenvalue weighted by Crippen LogP contribution is -2.50. The summed E-state index contributed by atoms with van der Waals surface area (Å²) in [6.07, 6.45) is 1.01. The Balaban J connectivity index is 4.49. The van der Waals surface area contributed by atoms with Crippen LogP contribution < -0.4 is 10.6 Å². The van der Waals surface area contributed by atoms with Crippen molar-refractivity contribution in [3.63, 3.8) is 0 Å². The van der Waals surface area contributed by atoms with Crippen molar-refractivity contribution in [3.8, 4) is 0 Å². The zero-order valence-corrected chi connectivity index (χ0v) is 11.0. The highest BCUT2D eigenvalue weighted by Gasteiger charge is 2.22. The van der Waals surface area contributed by atoms with Gasteiger partial charge in [0.1, 0.15) is 12.6 Å². The molecule has 0 aromatic carbocycles. The number of nitrogens with zero attached hydrogens (tertiary/aromatic N) is 1. The molecule has 0 aliphatic rings. The SMILES string of the molecule is CCCC(NC(=O)N(CC)CC(=O)NC)C(=O)O. The number of carboxylic acids is 1. The van der Waals surface area contributed by atoms with Crippen molar-refractivity contribution in [2.24, 2.45) is 0 Å². The number of hydrogen-bond acceptors (Lipinski definition) is 3. The Hall–Kier alpha value is -1.79. The quantitative estimate of drug-likeness (QED) is 0.600. The number of nitrogens with one attached hydrogen (secondary N) is 2. The maximum atomic E-state index is 11.8. The molecule has 0 radical (unpaired) electrons. The van der Waals surface area contributed by atoms with Crippen LogP contribution in [0.3, 0.4) is 0 Å². The fourth-order valence-corrected chi connectivity index (χ4v) is 1.37. The van der Waals surface area contributed by atoms with Crippen LogP contribution >= 0.6 is 0 Å². The van der Waals surface area contributed by atoms with Gasteiger partial charge in [-0.25, -0.2) is 9.59 Å². The van der Waals surface area contributed by atoms with Crippen LogP contribution in [0.15, 0.2) is 0 Å². The third-order valence-corrected chi connectivity index (χ3v) is 2.46. The third-order valence-electron chi connectivity index (χ3n) is 2.46. The first kappa shape index (κ1) is 16.2. The molecule has 3 N–H and O–H groups in total. The highest BCUT2D eigenvalue weighted by molar-refractivity contribution is 5.86. The van der Waals surface area contributed by atoms with E-state index in [1.54, 1.807) is 6.92 Å². The lowest BCUT2D eigenvalue weighted by atomic mass is 10.2. The van der Waals surface area contributed by atoms with Crippen molar-refractivity contribution >= 4 is 17.9 Å². The van der Waals surface area contributed by atoms with Gasteiger partial charge < -0.3 is 20.6 Å². The van der Waals surface area contributed by atoms with Crippen molar-refractivity contribution in [3.05, 3.63) is 0 Å². The summed E-state index contributed by atoms with van der Waals surface area (Å²) in [6.45, 7) is 3.80. The average molecular weight is 259 g/mol. The van der Waals surface area contributed by atoms with Gasteiger partial charge >= 0.3 is 12.0 Å². The monoisotopic (exact) mass is 259 g/mol. The summed E-state index contributed by atoms with van der Waals surface area (Å²) in [5.74, 6) is -1.37. The topological polar surface area (TPSA) is 98.7 Å². The van der Waals surface area contributed by atoms with Gasteiger partial charge in [0.2, 0.25) is 5.91 Å². The van der Waals surface area contributed by atoms with Crippen LogP contribution in [-0.2, 0) is 9.59 Å². The number of rotatable bonds is 7. The molecule has 0 rings (SSSR count). The molecule has 0 aliphatic carbocycles. The lowest BCUT2D eigenvalue weighted by molar-refractivity contribution is -0.139. The average Bonchev–Trinajstić information content (AvgIpc) is 2.34. The second-order valence-corrected chi connectivity index (χ2v) is 3.82. The number of likely N-dealkylation sites (N-methyl/N-ethyl adjacent to an activating group) is 2. The fourth-order valence-electron chi connectivity index (χ4n) is 1.37. The van der Waals surface area contributed by atoms with Crippen LogP contribution in [0.25, 0.3) is 0 Å². The summed E-state index contributed by atoms with van der Waals surface area (Å²) < 4.78 is 0. The molecule has 0 aliphatic heterocycles. The van der Waals surface area contributed by atoms with Crippen LogP contribution in [0, 0.1) is 0 Å². The number of amides is 3. The molecule has 0 heterocycles. The van der Waals surface area contributed by atoms with E-state index >= 15 is 0 Å². The van der Waals surface area contributed by atoms with E-state index in [0.29, 0.717) is 19.4 Å². The maximum absolute atomic E-state index is 11.8. The van der Waals surface area contributed by atoms with Crippen LogP contribution in [0.1, 0.15) is 26.7 Å². The van der Waals surface area contributed by atoms with Gasteiger partial charge in [0.15, 0.2) is 0 Å². The molecule has 0 saturated carbocycles. The molecular formula is C11H21N3O4. The Labute approximate surface area is 107 Å². The molecule has 7 nitrogen and oxygen atoms in total. The number of carbonyl (C=O) groups excluding carboxylic acids is 2. The number of aliphatic carboxylic acids is 1. The van der Waals surface area contributed by atoms with E-state index in [4.69, 9.17) is 5.11 Å². The van der Waals surface area contributed by atoms with Crippen molar-refractivity contribution in [2.75, 3.05) is 20.1 Å². The van der Waals surface area contributed by atoms with E-state index < -0.39 is 18.0 Å². The molecule has 18 heavy (non-hydrogen) atoms. The molecule has 0 aromatic rings. The fraction of sp³-hybridized carbons (Fsp3) is 0.727. The zero-order chi connectivity index (χ0) is 14.1. The van der Waals surface area contributed by atoms with Gasteiger partial charge in [0.25, 0.3) is 0 Å². The Morgan fingerprint density at radius 1 is 1.28 bits per heavy atom. The molecule has 7 heteroatoms. The van der Waals surface area contributed by atoms with Crippen LogP contribution in [0.4, 0.5) is 4.79 Å². The number of hydrogen-bond donors (Lipinski definition) is 3. The first-order chi connectivity index (χ1) is 8.46. The molecule has 0 fully saturated rings. The van der Waals surface area contributed by atoms with Gasteiger partial charge in [-0.3, -0.25) is 4.79 Å². The third kappa shape index (κ3) is 5.51. The van der Waals surface area contributed by atoms with E-state index in [-0.39, 0.29) is 12.5 Å². The van der Waals surface area contributed by atoms with Gasteiger partial charge in [0, 0.05) is 13.6 Å². The minimum atomic E-state index is -1.07. The van der Waals surface area contributed by atoms with Crippen molar-refractivity contribution < 1.29 is 19.5 Å². The molecule has 1 unspecified atom stereocenters. The van der Waals surface area contributed by atoms with Crippen LogP contribution in [0.5, 0.6) is 0 Å². The van der Waals surface area contributed by atoms with Gasteiger partial charge in [0.05, 0.1) is 0 Å². The predicted octanol–water partition coefficient (Wildman–Crippen LogP) is 0.0172. The van der Waals surface area contributed by atoms with E-state index in [1.165, 1.54) is 11.9 Å². The molecule has 0 spiro atoms. The lowest BCUT2D eigenvalue weighted by Gasteiger charge is -2.23. The molecule has 0 bridgehead atoms. The van der Waals surface area contributed by atoms with Crippen molar-refractivity contribution in [1.82, 2.24) is 15.5 Å². The Kier molecular flexibility index (Phi) is 7.50. The minimum Gasteiger partial charge on any atom is -0.480 e. The first-order valence-corrected chi connectivity index (χ1v) is 5.95. The second kappa shape index (κ2) is 8.32. The number of carboxylic acid groups (broad SMARTS) is 1. The van der Waals surface area contributed by atoms with Crippen LogP contribution in [0.2, 0.25) is 0 Å². The summed E-state index contributed by atoms with van der Waals surface area (Å²) >= 11 is 0. The summed E-state index contributed by atoms with van der Waals surface area (Å²) in [6, 6.07) is -1.46. The van der Waals surface area contributed by atoms with Gasteiger partial charge in [-0.1, -0.05) is 13.3 Å². The summed E-state index contributed by atoms with van der Waals surface area (Å²) in [5.41, 5.74) is 0. The molecule has 1 atom stereocenters. The highest BCUT2D eigenvalue weighted by Crippen LogP contribution is 1.99. The minimum absolute atomic E-state index is 0.0860. The molecule has 0 aromatic heterocycles. The predicted molar refractivity (Wildman–Crippen MR) is 66.2 cm³/mol. The van der Waals surface area contributed by atoms with E-state index in [1.807, 2.05) is 6.92 Å². The van der Waals surface area contributed by atoms with Crippen molar-refractivity contribution in [1.29, 1.82) is 0 Å². The van der Waals surface area contributed by atoms with Gasteiger partial charge in [-0.05, 0) is 13.3 Å². The summed E-state index contributed by atoms with van der Waals surface area (Å²) in [7, 11) is 1.48. The Morgan fingerprint density at radius 2 is 1.89 bits per heavy atom.